The molecule has 0 amide bonds. The Hall–Kier alpha value is -2.22. The number of nitrogens with one attached hydrogen (secondary N) is 1. The highest BCUT2D eigenvalue weighted by Gasteiger charge is 2.34. The van der Waals surface area contributed by atoms with Gasteiger partial charge < -0.3 is 10.4 Å². The molecule has 134 valence electrons. The summed E-state index contributed by atoms with van der Waals surface area (Å²) in [5.74, 6) is 0.402. The number of hydrogen-bond donors (Lipinski definition) is 2. The molecule has 8 heteroatoms. The van der Waals surface area contributed by atoms with Gasteiger partial charge in [-0.3, -0.25) is 4.98 Å². The molecule has 2 atom stereocenters. The number of aromatic nitrogens is 3. The van der Waals surface area contributed by atoms with Crippen LogP contribution in [-0.2, 0) is 6.18 Å². The fraction of sp³-hybridized carbons (Fsp3) is 0.471. The molecule has 0 aliphatic heterocycles. The van der Waals surface area contributed by atoms with E-state index >= 15 is 0 Å². The monoisotopic (exact) mass is 352 g/mol. The lowest BCUT2D eigenvalue weighted by atomic mass is 10.00. The van der Waals surface area contributed by atoms with Crippen LogP contribution in [0.15, 0.2) is 30.6 Å². The zero-order chi connectivity index (χ0) is 17.9. The molecular formula is C17H19F3N4O. The van der Waals surface area contributed by atoms with E-state index in [2.05, 4.69) is 20.3 Å². The van der Waals surface area contributed by atoms with Gasteiger partial charge in [0.1, 0.15) is 5.82 Å². The standard InChI is InChI=1S/C17H19F3N4O/c18-17(19,20)14-10-15(22-13-3-1-2-11(13)6-9-25)24-16(23-14)12-4-7-21-8-5-12/h4-5,7-8,10-11,13,25H,1-3,6,9H2,(H,22,23,24). The van der Waals surface area contributed by atoms with Gasteiger partial charge >= 0.3 is 6.18 Å². The summed E-state index contributed by atoms with van der Waals surface area (Å²) in [6.07, 6.45) is 1.83. The quantitative estimate of drug-likeness (QED) is 0.862. The van der Waals surface area contributed by atoms with Crippen LogP contribution in [0.25, 0.3) is 11.4 Å². The predicted molar refractivity (Wildman–Crippen MR) is 86.7 cm³/mol. The van der Waals surface area contributed by atoms with Gasteiger partial charge in [-0.2, -0.15) is 13.2 Å². The third-order valence-corrected chi connectivity index (χ3v) is 4.45. The van der Waals surface area contributed by atoms with Gasteiger partial charge in [0.15, 0.2) is 11.5 Å². The summed E-state index contributed by atoms with van der Waals surface area (Å²) >= 11 is 0. The second-order valence-corrected chi connectivity index (χ2v) is 6.15. The zero-order valence-electron chi connectivity index (χ0n) is 13.5. The van der Waals surface area contributed by atoms with Crippen LogP contribution in [0.1, 0.15) is 31.4 Å². The highest BCUT2D eigenvalue weighted by Crippen LogP contribution is 2.33. The number of aliphatic hydroxyl groups is 1. The summed E-state index contributed by atoms with van der Waals surface area (Å²) in [4.78, 5) is 11.8. The summed E-state index contributed by atoms with van der Waals surface area (Å²) in [5, 5.41) is 12.3. The van der Waals surface area contributed by atoms with Crippen LogP contribution in [0, 0.1) is 5.92 Å². The number of alkyl halides is 3. The Bertz CT molecular complexity index is 709. The molecule has 2 heterocycles. The fourth-order valence-electron chi connectivity index (χ4n) is 3.22. The molecule has 2 unspecified atom stereocenters. The third kappa shape index (κ3) is 4.25. The molecule has 2 aromatic heterocycles. The van der Waals surface area contributed by atoms with Gasteiger partial charge in [-0.25, -0.2) is 9.97 Å². The molecule has 0 spiro atoms. The maximum absolute atomic E-state index is 13.2. The van der Waals surface area contributed by atoms with E-state index in [1.54, 1.807) is 12.1 Å². The number of halogens is 3. The summed E-state index contributed by atoms with van der Waals surface area (Å²) in [6.45, 7) is 0.0721. The van der Waals surface area contributed by atoms with E-state index in [9.17, 15) is 13.2 Å². The summed E-state index contributed by atoms with van der Waals surface area (Å²) < 4.78 is 39.6. The highest BCUT2D eigenvalue weighted by molar-refractivity contribution is 5.57. The molecule has 1 fully saturated rings. The van der Waals surface area contributed by atoms with Crippen LogP contribution in [0.2, 0.25) is 0 Å². The summed E-state index contributed by atoms with van der Waals surface area (Å²) in [6, 6.07) is 4.10. The third-order valence-electron chi connectivity index (χ3n) is 4.45. The number of hydrogen-bond acceptors (Lipinski definition) is 5. The van der Waals surface area contributed by atoms with Crippen molar-refractivity contribution in [1.82, 2.24) is 15.0 Å². The first kappa shape index (κ1) is 17.6. The first-order valence-corrected chi connectivity index (χ1v) is 8.21. The van der Waals surface area contributed by atoms with Crippen molar-refractivity contribution in [2.24, 2.45) is 5.92 Å². The lowest BCUT2D eigenvalue weighted by molar-refractivity contribution is -0.141. The van der Waals surface area contributed by atoms with Crippen molar-refractivity contribution in [2.75, 3.05) is 11.9 Å². The zero-order valence-corrected chi connectivity index (χ0v) is 13.5. The predicted octanol–water partition coefficient (Wildman–Crippen LogP) is 3.52. The van der Waals surface area contributed by atoms with Crippen molar-refractivity contribution in [3.8, 4) is 11.4 Å². The number of pyridine rings is 1. The molecule has 25 heavy (non-hydrogen) atoms. The van der Waals surface area contributed by atoms with E-state index in [0.29, 0.717) is 12.0 Å². The molecule has 5 nitrogen and oxygen atoms in total. The van der Waals surface area contributed by atoms with Gasteiger partial charge in [0.05, 0.1) is 0 Å². The number of rotatable bonds is 5. The van der Waals surface area contributed by atoms with Crippen LogP contribution in [0.5, 0.6) is 0 Å². The first-order valence-electron chi connectivity index (χ1n) is 8.21. The van der Waals surface area contributed by atoms with Crippen molar-refractivity contribution in [2.45, 2.75) is 37.9 Å². The average molecular weight is 352 g/mol. The molecule has 0 bridgehead atoms. The fourth-order valence-corrected chi connectivity index (χ4v) is 3.22. The van der Waals surface area contributed by atoms with Gasteiger partial charge in [0.25, 0.3) is 0 Å². The normalized spacial score (nSPS) is 20.6. The molecule has 0 saturated heterocycles. The van der Waals surface area contributed by atoms with Crippen LogP contribution in [0.3, 0.4) is 0 Å². The van der Waals surface area contributed by atoms with E-state index < -0.39 is 11.9 Å². The Morgan fingerprint density at radius 1 is 1.16 bits per heavy atom. The molecule has 3 rings (SSSR count). The molecule has 2 N–H and O–H groups in total. The van der Waals surface area contributed by atoms with Crippen molar-refractivity contribution >= 4 is 5.82 Å². The van der Waals surface area contributed by atoms with Crippen LogP contribution in [0.4, 0.5) is 19.0 Å². The molecular weight excluding hydrogens is 333 g/mol. The van der Waals surface area contributed by atoms with Crippen LogP contribution >= 0.6 is 0 Å². The topological polar surface area (TPSA) is 70.9 Å². The minimum Gasteiger partial charge on any atom is -0.396 e. The summed E-state index contributed by atoms with van der Waals surface area (Å²) in [5.41, 5.74) is -0.504. The SMILES string of the molecule is OCCC1CCCC1Nc1cc(C(F)(F)F)nc(-c2ccncc2)n1. The van der Waals surface area contributed by atoms with E-state index in [4.69, 9.17) is 5.11 Å². The van der Waals surface area contributed by atoms with E-state index in [0.717, 1.165) is 25.3 Å². The Kier molecular flexibility index (Phi) is 5.17. The largest absolute Gasteiger partial charge is 0.433 e. The number of nitrogens with zero attached hydrogens (tertiary/aromatic N) is 3. The average Bonchev–Trinajstić information content (AvgIpc) is 3.02. The van der Waals surface area contributed by atoms with Gasteiger partial charge in [-0.05, 0) is 37.3 Å². The maximum atomic E-state index is 13.2. The Balaban J connectivity index is 1.93. The molecule has 0 radical (unpaired) electrons. The van der Waals surface area contributed by atoms with E-state index in [-0.39, 0.29) is 30.2 Å². The van der Waals surface area contributed by atoms with Gasteiger partial charge in [-0.1, -0.05) is 6.42 Å². The van der Waals surface area contributed by atoms with Crippen molar-refractivity contribution in [3.63, 3.8) is 0 Å². The van der Waals surface area contributed by atoms with Crippen molar-refractivity contribution < 1.29 is 18.3 Å². The summed E-state index contributed by atoms with van der Waals surface area (Å²) in [7, 11) is 0. The maximum Gasteiger partial charge on any atom is 0.433 e. The minimum atomic E-state index is -4.55. The van der Waals surface area contributed by atoms with Gasteiger partial charge in [0, 0.05) is 36.7 Å². The Labute approximate surface area is 143 Å². The lowest BCUT2D eigenvalue weighted by Gasteiger charge is -2.21. The lowest BCUT2D eigenvalue weighted by Crippen LogP contribution is -2.26. The number of anilines is 1. The first-order chi connectivity index (χ1) is 12.0. The Morgan fingerprint density at radius 3 is 2.60 bits per heavy atom. The van der Waals surface area contributed by atoms with Crippen LogP contribution in [-0.4, -0.2) is 32.7 Å². The molecule has 2 aromatic rings. The second kappa shape index (κ2) is 7.35. The van der Waals surface area contributed by atoms with E-state index in [1.807, 2.05) is 0 Å². The highest BCUT2D eigenvalue weighted by atomic mass is 19.4. The molecule has 1 aliphatic carbocycles. The molecule has 1 saturated carbocycles. The minimum absolute atomic E-state index is 0.00780. The van der Waals surface area contributed by atoms with E-state index in [1.165, 1.54) is 12.4 Å². The molecule has 1 aliphatic rings. The molecule has 0 aromatic carbocycles. The van der Waals surface area contributed by atoms with Crippen molar-refractivity contribution in [1.29, 1.82) is 0 Å². The van der Waals surface area contributed by atoms with Gasteiger partial charge in [0.2, 0.25) is 0 Å². The van der Waals surface area contributed by atoms with Crippen LogP contribution < -0.4 is 5.32 Å². The Morgan fingerprint density at radius 2 is 1.92 bits per heavy atom. The van der Waals surface area contributed by atoms with Gasteiger partial charge in [-0.15, -0.1) is 0 Å². The smallest absolute Gasteiger partial charge is 0.396 e. The number of aliphatic hydroxyl groups excluding tert-OH is 1. The van der Waals surface area contributed by atoms with Crippen molar-refractivity contribution in [3.05, 3.63) is 36.3 Å². The second-order valence-electron chi connectivity index (χ2n) is 6.15.